The molecule has 0 aromatic carbocycles. The van der Waals surface area contributed by atoms with E-state index in [9.17, 15) is 8.42 Å². The van der Waals surface area contributed by atoms with Crippen molar-refractivity contribution in [3.8, 4) is 0 Å². The summed E-state index contributed by atoms with van der Waals surface area (Å²) in [4.78, 5) is 3.89. The van der Waals surface area contributed by atoms with Crippen LogP contribution in [0.25, 0.3) is 0 Å². The Hall–Kier alpha value is -0.690. The number of pyridine rings is 1. The van der Waals surface area contributed by atoms with Gasteiger partial charge in [-0.3, -0.25) is 0 Å². The maximum absolute atomic E-state index is 12.1. The van der Waals surface area contributed by atoms with E-state index in [1.807, 2.05) is 13.8 Å². The van der Waals surface area contributed by atoms with Crippen molar-refractivity contribution in [2.24, 2.45) is 0 Å². The summed E-state index contributed by atoms with van der Waals surface area (Å²) in [6.45, 7) is 4.45. The van der Waals surface area contributed by atoms with Gasteiger partial charge in [-0.05, 0) is 26.0 Å². The normalized spacial score (nSPS) is 12.3. The Morgan fingerprint density at radius 2 is 2.11 bits per heavy atom. The van der Waals surface area contributed by atoms with Crippen molar-refractivity contribution in [2.75, 3.05) is 20.2 Å². The monoisotopic (exact) mass is 292 g/mol. The predicted octanol–water partition coefficient (Wildman–Crippen LogP) is 1.78. The van der Waals surface area contributed by atoms with Crippen molar-refractivity contribution in [2.45, 2.75) is 24.8 Å². The predicted molar refractivity (Wildman–Crippen MR) is 70.2 cm³/mol. The number of aromatic nitrogens is 1. The van der Waals surface area contributed by atoms with Crippen molar-refractivity contribution in [3.63, 3.8) is 0 Å². The Bertz CT molecular complexity index is 474. The number of ether oxygens (including phenoxy) is 1. The second kappa shape index (κ2) is 6.47. The van der Waals surface area contributed by atoms with Gasteiger partial charge in [-0.2, -0.15) is 4.31 Å². The summed E-state index contributed by atoms with van der Waals surface area (Å²) >= 11 is 5.62. The molecule has 0 aliphatic rings. The van der Waals surface area contributed by atoms with Crippen LogP contribution in [0.2, 0.25) is 5.15 Å². The largest absolute Gasteiger partial charge is 0.377 e. The Labute approximate surface area is 113 Å². The summed E-state index contributed by atoms with van der Waals surface area (Å²) in [5, 5.41) is 0.264. The smallest absolute Gasteiger partial charge is 0.244 e. The van der Waals surface area contributed by atoms with Crippen LogP contribution in [-0.2, 0) is 14.8 Å². The first-order valence-electron chi connectivity index (χ1n) is 5.53. The molecule has 1 aromatic rings. The van der Waals surface area contributed by atoms with Gasteiger partial charge in [0.15, 0.2) is 0 Å². The number of rotatable bonds is 6. The zero-order valence-corrected chi connectivity index (χ0v) is 12.2. The quantitative estimate of drug-likeness (QED) is 0.750. The maximum Gasteiger partial charge on any atom is 0.244 e. The third-order valence-corrected chi connectivity index (χ3v) is 4.33. The number of nitrogens with zero attached hydrogens (tertiary/aromatic N) is 2. The fourth-order valence-electron chi connectivity index (χ4n) is 1.23. The van der Waals surface area contributed by atoms with Crippen LogP contribution >= 0.6 is 11.6 Å². The summed E-state index contributed by atoms with van der Waals surface area (Å²) in [6.07, 6.45) is 1.33. The van der Waals surface area contributed by atoms with Crippen LogP contribution in [0.1, 0.15) is 13.8 Å². The third kappa shape index (κ3) is 4.20. The number of hydrogen-bond acceptors (Lipinski definition) is 4. The molecule has 1 aromatic heterocycles. The van der Waals surface area contributed by atoms with Gasteiger partial charge in [0.1, 0.15) is 10.0 Å². The Kier molecular flexibility index (Phi) is 5.52. The molecule has 1 rings (SSSR count). The minimum atomic E-state index is -3.52. The average Bonchev–Trinajstić information content (AvgIpc) is 2.28. The molecular formula is C11H17ClN2O3S. The van der Waals surface area contributed by atoms with E-state index in [1.165, 1.54) is 29.7 Å². The summed E-state index contributed by atoms with van der Waals surface area (Å²) in [5.41, 5.74) is 0. The van der Waals surface area contributed by atoms with Gasteiger partial charge in [-0.15, -0.1) is 0 Å². The van der Waals surface area contributed by atoms with Crippen LogP contribution in [0.4, 0.5) is 0 Å². The van der Waals surface area contributed by atoms with E-state index >= 15 is 0 Å². The standard InChI is InChI=1S/C11H17ClN2O3S/c1-9(2)17-7-6-14(3)18(15,16)10-4-5-11(12)13-8-10/h4-5,8-9H,6-7H2,1-3H3. The summed E-state index contributed by atoms with van der Waals surface area (Å²) in [6, 6.07) is 2.89. The first-order chi connectivity index (χ1) is 8.34. The van der Waals surface area contributed by atoms with Crippen LogP contribution in [-0.4, -0.2) is 44.0 Å². The molecule has 0 atom stereocenters. The highest BCUT2D eigenvalue weighted by Gasteiger charge is 2.20. The van der Waals surface area contributed by atoms with E-state index in [1.54, 1.807) is 0 Å². The highest BCUT2D eigenvalue weighted by molar-refractivity contribution is 7.89. The molecule has 18 heavy (non-hydrogen) atoms. The van der Waals surface area contributed by atoms with Crippen molar-refractivity contribution in [1.82, 2.24) is 9.29 Å². The van der Waals surface area contributed by atoms with E-state index in [0.29, 0.717) is 13.2 Å². The number of likely N-dealkylation sites (N-methyl/N-ethyl adjacent to an activating group) is 1. The van der Waals surface area contributed by atoms with Crippen LogP contribution < -0.4 is 0 Å². The molecule has 0 saturated carbocycles. The Morgan fingerprint density at radius 3 is 2.61 bits per heavy atom. The van der Waals surface area contributed by atoms with E-state index in [2.05, 4.69) is 4.98 Å². The SMILES string of the molecule is CC(C)OCCN(C)S(=O)(=O)c1ccc(Cl)nc1. The molecule has 0 spiro atoms. The molecule has 0 N–H and O–H groups in total. The maximum atomic E-state index is 12.1. The summed E-state index contributed by atoms with van der Waals surface area (Å²) < 4.78 is 30.8. The Morgan fingerprint density at radius 1 is 1.44 bits per heavy atom. The molecule has 0 fully saturated rings. The molecule has 0 aliphatic carbocycles. The van der Waals surface area contributed by atoms with Crippen molar-refractivity contribution >= 4 is 21.6 Å². The molecule has 0 bridgehead atoms. The lowest BCUT2D eigenvalue weighted by Gasteiger charge is -2.17. The molecule has 0 unspecified atom stereocenters. The van der Waals surface area contributed by atoms with Gasteiger partial charge in [-0.1, -0.05) is 11.6 Å². The van der Waals surface area contributed by atoms with Crippen molar-refractivity contribution < 1.29 is 13.2 Å². The number of hydrogen-bond donors (Lipinski definition) is 0. The summed E-state index contributed by atoms with van der Waals surface area (Å²) in [7, 11) is -2.01. The molecule has 5 nitrogen and oxygen atoms in total. The van der Waals surface area contributed by atoms with Gasteiger partial charge in [0, 0.05) is 19.8 Å². The van der Waals surface area contributed by atoms with Gasteiger partial charge in [0.05, 0.1) is 12.7 Å². The lowest BCUT2D eigenvalue weighted by atomic mass is 10.5. The van der Waals surface area contributed by atoms with Gasteiger partial charge in [0.2, 0.25) is 10.0 Å². The molecular weight excluding hydrogens is 276 g/mol. The van der Waals surface area contributed by atoms with Crippen LogP contribution in [0.3, 0.4) is 0 Å². The minimum absolute atomic E-state index is 0.0818. The van der Waals surface area contributed by atoms with E-state index < -0.39 is 10.0 Å². The molecule has 0 saturated heterocycles. The van der Waals surface area contributed by atoms with Crippen molar-refractivity contribution in [3.05, 3.63) is 23.5 Å². The fraction of sp³-hybridized carbons (Fsp3) is 0.545. The second-order valence-corrected chi connectivity index (χ2v) is 6.49. The number of sulfonamides is 1. The van der Waals surface area contributed by atoms with E-state index in [0.717, 1.165) is 0 Å². The average molecular weight is 293 g/mol. The number of halogens is 1. The molecule has 0 aliphatic heterocycles. The van der Waals surface area contributed by atoms with Crippen LogP contribution in [0.15, 0.2) is 23.2 Å². The summed E-state index contributed by atoms with van der Waals surface area (Å²) in [5.74, 6) is 0. The highest BCUT2D eigenvalue weighted by Crippen LogP contribution is 2.14. The minimum Gasteiger partial charge on any atom is -0.377 e. The highest BCUT2D eigenvalue weighted by atomic mass is 35.5. The van der Waals surface area contributed by atoms with Gasteiger partial charge < -0.3 is 4.74 Å². The zero-order valence-electron chi connectivity index (χ0n) is 10.6. The Balaban J connectivity index is 2.71. The molecule has 7 heteroatoms. The van der Waals surface area contributed by atoms with Gasteiger partial charge in [-0.25, -0.2) is 13.4 Å². The van der Waals surface area contributed by atoms with Gasteiger partial charge in [0.25, 0.3) is 0 Å². The molecule has 102 valence electrons. The van der Waals surface area contributed by atoms with Gasteiger partial charge >= 0.3 is 0 Å². The second-order valence-electron chi connectivity index (χ2n) is 4.06. The molecule has 0 radical (unpaired) electrons. The lowest BCUT2D eigenvalue weighted by Crippen LogP contribution is -2.31. The fourth-order valence-corrected chi connectivity index (χ4v) is 2.44. The van der Waals surface area contributed by atoms with Crippen LogP contribution in [0, 0.1) is 0 Å². The zero-order chi connectivity index (χ0) is 13.8. The first-order valence-corrected chi connectivity index (χ1v) is 7.35. The third-order valence-electron chi connectivity index (χ3n) is 2.27. The van der Waals surface area contributed by atoms with Crippen LogP contribution in [0.5, 0.6) is 0 Å². The van der Waals surface area contributed by atoms with E-state index in [-0.39, 0.29) is 16.2 Å². The topological polar surface area (TPSA) is 59.5 Å². The first kappa shape index (κ1) is 15.4. The van der Waals surface area contributed by atoms with Crippen molar-refractivity contribution in [1.29, 1.82) is 0 Å². The molecule has 1 heterocycles. The molecule has 0 amide bonds. The van der Waals surface area contributed by atoms with E-state index in [4.69, 9.17) is 16.3 Å². The lowest BCUT2D eigenvalue weighted by molar-refractivity contribution is 0.0737.